The topological polar surface area (TPSA) is 38.0 Å². The lowest BCUT2D eigenvalue weighted by Gasteiger charge is -2.23. The summed E-state index contributed by atoms with van der Waals surface area (Å²) >= 11 is 0. The molecule has 0 amide bonds. The molecule has 2 rings (SSSR count). The van der Waals surface area contributed by atoms with E-state index in [-0.39, 0.29) is 11.5 Å². The summed E-state index contributed by atoms with van der Waals surface area (Å²) in [5.74, 6) is 0.171. The summed E-state index contributed by atoms with van der Waals surface area (Å²) in [7, 11) is 0. The Balaban J connectivity index is 2.18. The molecule has 1 saturated heterocycles. The van der Waals surface area contributed by atoms with Crippen LogP contribution in [0.15, 0.2) is 18.2 Å². The van der Waals surface area contributed by atoms with Crippen LogP contribution in [0.3, 0.4) is 0 Å². The molecule has 3 N–H and O–H groups in total. The molecule has 14 heavy (non-hydrogen) atoms. The van der Waals surface area contributed by atoms with Gasteiger partial charge in [0, 0.05) is 6.54 Å². The van der Waals surface area contributed by atoms with Gasteiger partial charge in [0.05, 0.1) is 5.69 Å². The van der Waals surface area contributed by atoms with Gasteiger partial charge in [-0.1, -0.05) is 6.07 Å². The molecular weight excluding hydrogens is 179 g/mol. The van der Waals surface area contributed by atoms with Crippen LogP contribution >= 0.6 is 0 Å². The van der Waals surface area contributed by atoms with Gasteiger partial charge in [0.2, 0.25) is 0 Å². The zero-order valence-corrected chi connectivity index (χ0v) is 8.09. The van der Waals surface area contributed by atoms with Crippen LogP contribution < -0.4 is 11.1 Å². The molecule has 1 aromatic rings. The van der Waals surface area contributed by atoms with E-state index in [1.807, 2.05) is 6.07 Å². The molecular formula is C11H15FN2. The molecule has 1 atom stereocenters. The van der Waals surface area contributed by atoms with Crippen molar-refractivity contribution in [3.05, 3.63) is 29.6 Å². The number of hydrogen-bond acceptors (Lipinski definition) is 2. The minimum absolute atomic E-state index is 0.257. The quantitative estimate of drug-likeness (QED) is 0.670. The number of piperidine rings is 1. The van der Waals surface area contributed by atoms with Crippen molar-refractivity contribution in [1.82, 2.24) is 5.32 Å². The Morgan fingerprint density at radius 2 is 2.29 bits per heavy atom. The summed E-state index contributed by atoms with van der Waals surface area (Å²) < 4.78 is 12.9. The normalized spacial score (nSPS) is 22.2. The van der Waals surface area contributed by atoms with Crippen LogP contribution in [0.5, 0.6) is 0 Å². The number of rotatable bonds is 1. The first-order valence-electron chi connectivity index (χ1n) is 5.03. The van der Waals surface area contributed by atoms with E-state index >= 15 is 0 Å². The van der Waals surface area contributed by atoms with Gasteiger partial charge in [-0.2, -0.15) is 0 Å². The van der Waals surface area contributed by atoms with Crippen LogP contribution in [0.2, 0.25) is 0 Å². The van der Waals surface area contributed by atoms with Crippen molar-refractivity contribution in [1.29, 1.82) is 0 Å². The molecule has 76 valence electrons. The number of halogens is 1. The van der Waals surface area contributed by atoms with Crippen molar-refractivity contribution in [3.63, 3.8) is 0 Å². The van der Waals surface area contributed by atoms with Crippen LogP contribution in [0.25, 0.3) is 0 Å². The maximum Gasteiger partial charge on any atom is 0.146 e. The summed E-state index contributed by atoms with van der Waals surface area (Å²) in [6.07, 6.45) is 2.35. The zero-order valence-electron chi connectivity index (χ0n) is 8.09. The lowest BCUT2D eigenvalue weighted by atomic mass is 9.91. The van der Waals surface area contributed by atoms with Gasteiger partial charge in [0.15, 0.2) is 0 Å². The smallest absolute Gasteiger partial charge is 0.146 e. The molecule has 2 nitrogen and oxygen atoms in total. The predicted octanol–water partition coefficient (Wildman–Crippen LogP) is 1.87. The summed E-state index contributed by atoms with van der Waals surface area (Å²) in [4.78, 5) is 0. The number of benzene rings is 1. The summed E-state index contributed by atoms with van der Waals surface area (Å²) in [6.45, 7) is 2.07. The maximum absolute atomic E-state index is 12.9. The number of nitrogens with one attached hydrogen (secondary N) is 1. The number of nitrogens with two attached hydrogens (primary N) is 1. The van der Waals surface area contributed by atoms with Crippen molar-refractivity contribution in [2.24, 2.45) is 0 Å². The van der Waals surface area contributed by atoms with Crippen LogP contribution in [0, 0.1) is 5.82 Å². The average Bonchev–Trinajstić information content (AvgIpc) is 2.23. The van der Waals surface area contributed by atoms with Gasteiger partial charge in [-0.3, -0.25) is 0 Å². The van der Waals surface area contributed by atoms with Gasteiger partial charge in [0.1, 0.15) is 5.82 Å². The highest BCUT2D eigenvalue weighted by Gasteiger charge is 2.15. The Morgan fingerprint density at radius 3 is 2.93 bits per heavy atom. The second-order valence-electron chi connectivity index (χ2n) is 3.82. The number of nitrogen functional groups attached to an aromatic ring is 1. The van der Waals surface area contributed by atoms with Gasteiger partial charge in [-0.15, -0.1) is 0 Å². The molecule has 0 unspecified atom stereocenters. The fraction of sp³-hybridized carbons (Fsp3) is 0.455. The number of hydrogen-bond donors (Lipinski definition) is 2. The Kier molecular flexibility index (Phi) is 2.68. The van der Waals surface area contributed by atoms with E-state index < -0.39 is 0 Å². The fourth-order valence-electron chi connectivity index (χ4n) is 1.95. The first kappa shape index (κ1) is 9.46. The Hall–Kier alpha value is -1.09. The first-order chi connectivity index (χ1) is 6.77. The highest BCUT2D eigenvalue weighted by molar-refractivity contribution is 5.43. The molecule has 1 aliphatic heterocycles. The molecule has 1 aromatic carbocycles. The van der Waals surface area contributed by atoms with Gasteiger partial charge >= 0.3 is 0 Å². The van der Waals surface area contributed by atoms with Gasteiger partial charge in [-0.05, 0) is 43.0 Å². The molecule has 0 aliphatic carbocycles. The molecule has 1 fully saturated rings. The molecule has 0 aromatic heterocycles. The van der Waals surface area contributed by atoms with Crippen molar-refractivity contribution in [2.75, 3.05) is 18.8 Å². The van der Waals surface area contributed by atoms with E-state index in [0.29, 0.717) is 5.92 Å². The lowest BCUT2D eigenvalue weighted by molar-refractivity contribution is 0.461. The molecule has 0 saturated carbocycles. The van der Waals surface area contributed by atoms with Crippen LogP contribution in [0.1, 0.15) is 24.3 Å². The van der Waals surface area contributed by atoms with E-state index in [4.69, 9.17) is 5.73 Å². The standard InChI is InChI=1S/C11H15FN2/c12-10-4-3-8(6-11(10)13)9-2-1-5-14-7-9/h3-4,6,9,14H,1-2,5,7,13H2/t9-/m1/s1. The SMILES string of the molecule is Nc1cc([C@@H]2CCCNC2)ccc1F. The lowest BCUT2D eigenvalue weighted by Crippen LogP contribution is -2.28. The Labute approximate surface area is 83.3 Å². The van der Waals surface area contributed by atoms with Crippen LogP contribution in [-0.2, 0) is 0 Å². The fourth-order valence-corrected chi connectivity index (χ4v) is 1.95. The molecule has 1 aliphatic rings. The van der Waals surface area contributed by atoms with Crippen molar-refractivity contribution < 1.29 is 4.39 Å². The Bertz CT molecular complexity index is 319. The van der Waals surface area contributed by atoms with E-state index in [1.54, 1.807) is 6.07 Å². The van der Waals surface area contributed by atoms with Crippen LogP contribution in [0.4, 0.5) is 10.1 Å². The summed E-state index contributed by atoms with van der Waals surface area (Å²) in [5, 5.41) is 3.33. The first-order valence-corrected chi connectivity index (χ1v) is 5.03. The third-order valence-corrected chi connectivity index (χ3v) is 2.79. The minimum atomic E-state index is -0.322. The van der Waals surface area contributed by atoms with E-state index in [0.717, 1.165) is 25.1 Å². The van der Waals surface area contributed by atoms with Crippen molar-refractivity contribution >= 4 is 5.69 Å². The molecule has 0 bridgehead atoms. The van der Waals surface area contributed by atoms with Gasteiger partial charge < -0.3 is 11.1 Å². The highest BCUT2D eigenvalue weighted by Crippen LogP contribution is 2.25. The molecule has 0 spiro atoms. The monoisotopic (exact) mass is 194 g/mol. The average molecular weight is 194 g/mol. The van der Waals surface area contributed by atoms with E-state index in [1.165, 1.54) is 12.5 Å². The number of anilines is 1. The third-order valence-electron chi connectivity index (χ3n) is 2.79. The highest BCUT2D eigenvalue weighted by atomic mass is 19.1. The molecule has 0 radical (unpaired) electrons. The summed E-state index contributed by atoms with van der Waals surface area (Å²) in [6, 6.07) is 5.05. The summed E-state index contributed by atoms with van der Waals surface area (Å²) in [5.41, 5.74) is 6.94. The molecule has 1 heterocycles. The minimum Gasteiger partial charge on any atom is -0.396 e. The molecule has 3 heteroatoms. The van der Waals surface area contributed by atoms with E-state index in [9.17, 15) is 4.39 Å². The van der Waals surface area contributed by atoms with Gasteiger partial charge in [0.25, 0.3) is 0 Å². The Morgan fingerprint density at radius 1 is 1.43 bits per heavy atom. The predicted molar refractivity (Wildman–Crippen MR) is 55.7 cm³/mol. The zero-order chi connectivity index (χ0) is 9.97. The maximum atomic E-state index is 12.9. The largest absolute Gasteiger partial charge is 0.396 e. The van der Waals surface area contributed by atoms with Crippen LogP contribution in [-0.4, -0.2) is 13.1 Å². The van der Waals surface area contributed by atoms with Gasteiger partial charge in [-0.25, -0.2) is 4.39 Å². The van der Waals surface area contributed by atoms with E-state index in [2.05, 4.69) is 5.32 Å². The third kappa shape index (κ3) is 1.87. The van der Waals surface area contributed by atoms with Crippen molar-refractivity contribution in [3.8, 4) is 0 Å². The van der Waals surface area contributed by atoms with Crippen molar-refractivity contribution in [2.45, 2.75) is 18.8 Å². The second-order valence-corrected chi connectivity index (χ2v) is 3.82. The second kappa shape index (κ2) is 3.96.